The molecule has 0 spiro atoms. The van der Waals surface area contributed by atoms with E-state index in [2.05, 4.69) is 135 Å². The SMILES string of the molecule is CC/C=C\C/C=C\C/C=C\C/C=C\C/C=C\C/C=C\C/C=C\C/C=C\CCCCCCCCCCCCCCCCCCC(=O)OC(CO)COC(=O)CCCCCCCCCCCCCCCCCCCCC/C=C\C/C=C\CCCCCCC. The van der Waals surface area contributed by atoms with Gasteiger partial charge in [-0.2, -0.15) is 0 Å². The van der Waals surface area contributed by atoms with Crippen LogP contribution in [0.25, 0.3) is 0 Å². The maximum absolute atomic E-state index is 12.4. The van der Waals surface area contributed by atoms with Gasteiger partial charge in [-0.1, -0.05) is 360 Å². The molecule has 0 aliphatic carbocycles. The lowest BCUT2D eigenvalue weighted by Gasteiger charge is -2.15. The Morgan fingerprint density at radius 1 is 0.279 bits per heavy atom. The minimum Gasteiger partial charge on any atom is -0.462 e. The van der Waals surface area contributed by atoms with Crippen molar-refractivity contribution in [3.05, 3.63) is 122 Å². The Hall–Kier alpha value is -3.70. The van der Waals surface area contributed by atoms with Crippen molar-refractivity contribution in [1.29, 1.82) is 0 Å². The van der Waals surface area contributed by atoms with Crippen molar-refractivity contribution in [2.45, 2.75) is 367 Å². The molecule has 5 heteroatoms. The molecule has 0 bridgehead atoms. The lowest BCUT2D eigenvalue weighted by molar-refractivity contribution is -0.161. The number of aliphatic hydroxyl groups excluding tert-OH is 1. The molecule has 0 aromatic heterocycles. The van der Waals surface area contributed by atoms with Gasteiger partial charge in [0.1, 0.15) is 6.61 Å². The molecule has 86 heavy (non-hydrogen) atoms. The maximum atomic E-state index is 12.4. The second-order valence-corrected chi connectivity index (χ2v) is 24.6. The van der Waals surface area contributed by atoms with Crippen LogP contribution >= 0.6 is 0 Å². The second kappa shape index (κ2) is 75.5. The first-order valence-electron chi connectivity index (χ1n) is 37.1. The van der Waals surface area contributed by atoms with Gasteiger partial charge in [0.15, 0.2) is 6.10 Å². The van der Waals surface area contributed by atoms with E-state index >= 15 is 0 Å². The molecule has 1 atom stereocenters. The number of hydrogen-bond donors (Lipinski definition) is 1. The maximum Gasteiger partial charge on any atom is 0.306 e. The van der Waals surface area contributed by atoms with Crippen molar-refractivity contribution < 1.29 is 24.2 Å². The van der Waals surface area contributed by atoms with Crippen molar-refractivity contribution in [3.8, 4) is 0 Å². The summed E-state index contributed by atoms with van der Waals surface area (Å²) in [5.74, 6) is -0.578. The highest BCUT2D eigenvalue weighted by Gasteiger charge is 2.16. The van der Waals surface area contributed by atoms with Gasteiger partial charge in [0.05, 0.1) is 6.61 Å². The van der Waals surface area contributed by atoms with E-state index in [-0.39, 0.29) is 25.2 Å². The largest absolute Gasteiger partial charge is 0.462 e. The Morgan fingerprint density at radius 2 is 0.500 bits per heavy atom. The van der Waals surface area contributed by atoms with Gasteiger partial charge in [-0.15, -0.1) is 0 Å². The summed E-state index contributed by atoms with van der Waals surface area (Å²) in [7, 11) is 0. The molecule has 1 N–H and O–H groups in total. The monoisotopic (exact) mass is 1190 g/mol. The van der Waals surface area contributed by atoms with Crippen LogP contribution in [-0.4, -0.2) is 36.4 Å². The number of allylic oxidation sites excluding steroid dienone is 20. The van der Waals surface area contributed by atoms with E-state index in [1.165, 1.54) is 238 Å². The fourth-order valence-corrected chi connectivity index (χ4v) is 10.7. The standard InChI is InChI=1S/C81H140O5/c1-3-5-7-9-11-13-15-17-19-21-23-25-27-29-31-33-35-36-37-38-39-40-41-42-43-44-46-48-50-52-54-56-58-60-62-64-66-68-70-72-74-76-81(84)86-79(77-82)78-85-80(83)75-73-71-69-67-65-63-61-59-57-55-53-51-49-47-45-34-32-30-28-26-24-22-20-18-16-14-12-10-8-6-4-2/h5,7,11,13,16-19,22-25,29,31,35-36,38-39,41-42,79,82H,3-4,6,8-10,12,14-15,20-21,26-28,30,32-34,37,40,43-78H2,1-2H3/b7-5-,13-11-,18-16-,19-17-,24-22-,25-23-,31-29-,36-35-,39-38-,42-41-. The van der Waals surface area contributed by atoms with Gasteiger partial charge in [-0.25, -0.2) is 0 Å². The quantitative estimate of drug-likeness (QED) is 0.0373. The fourth-order valence-electron chi connectivity index (χ4n) is 10.7. The van der Waals surface area contributed by atoms with E-state index in [1.54, 1.807) is 0 Å². The highest BCUT2D eigenvalue weighted by atomic mass is 16.6. The molecule has 0 radical (unpaired) electrons. The first kappa shape index (κ1) is 82.3. The Labute approximate surface area is 534 Å². The number of hydrogen-bond acceptors (Lipinski definition) is 5. The summed E-state index contributed by atoms with van der Waals surface area (Å²) in [4.78, 5) is 24.7. The smallest absolute Gasteiger partial charge is 0.306 e. The van der Waals surface area contributed by atoms with Crippen molar-refractivity contribution in [1.82, 2.24) is 0 Å². The summed E-state index contributed by atoms with van der Waals surface area (Å²) in [6.45, 7) is 4.05. The summed E-state index contributed by atoms with van der Waals surface area (Å²) < 4.78 is 10.8. The predicted molar refractivity (Wildman–Crippen MR) is 380 cm³/mol. The third kappa shape index (κ3) is 72.8. The number of rotatable bonds is 68. The average molecular weight is 1190 g/mol. The van der Waals surface area contributed by atoms with Crippen molar-refractivity contribution in [2.75, 3.05) is 13.2 Å². The van der Waals surface area contributed by atoms with Crippen molar-refractivity contribution in [2.24, 2.45) is 0 Å². The molecule has 0 saturated carbocycles. The van der Waals surface area contributed by atoms with E-state index in [4.69, 9.17) is 9.47 Å². The molecule has 494 valence electrons. The highest BCUT2D eigenvalue weighted by molar-refractivity contribution is 5.70. The van der Waals surface area contributed by atoms with E-state index in [0.717, 1.165) is 96.3 Å². The first-order valence-corrected chi connectivity index (χ1v) is 37.1. The van der Waals surface area contributed by atoms with Crippen LogP contribution < -0.4 is 0 Å². The van der Waals surface area contributed by atoms with Gasteiger partial charge in [-0.05, 0) is 109 Å². The minimum absolute atomic E-state index is 0.0658. The van der Waals surface area contributed by atoms with E-state index in [9.17, 15) is 14.7 Å². The van der Waals surface area contributed by atoms with Crippen LogP contribution in [0.2, 0.25) is 0 Å². The molecule has 0 aliphatic heterocycles. The van der Waals surface area contributed by atoms with Crippen LogP contribution in [0.4, 0.5) is 0 Å². The lowest BCUT2D eigenvalue weighted by Crippen LogP contribution is -2.28. The normalized spacial score (nSPS) is 12.9. The molecule has 1 unspecified atom stereocenters. The Kier molecular flexibility index (Phi) is 72.3. The number of carbonyl (C=O) groups excluding carboxylic acids is 2. The average Bonchev–Trinajstić information content (AvgIpc) is 3.54. The van der Waals surface area contributed by atoms with Gasteiger partial charge in [0.25, 0.3) is 0 Å². The van der Waals surface area contributed by atoms with E-state index in [0.29, 0.717) is 12.8 Å². The summed E-state index contributed by atoms with van der Waals surface area (Å²) in [5, 5.41) is 9.72. The first-order chi connectivity index (χ1) is 42.6. The van der Waals surface area contributed by atoms with Gasteiger partial charge in [0, 0.05) is 12.8 Å². The summed E-state index contributed by atoms with van der Waals surface area (Å²) in [6, 6.07) is 0. The minimum atomic E-state index is -0.777. The number of aliphatic hydroxyl groups is 1. The molecular formula is C81H140O5. The number of ether oxygens (including phenoxy) is 2. The predicted octanol–water partition coefficient (Wildman–Crippen LogP) is 26.1. The van der Waals surface area contributed by atoms with Gasteiger partial charge < -0.3 is 14.6 Å². The fraction of sp³-hybridized carbons (Fsp3) is 0.728. The van der Waals surface area contributed by atoms with Crippen LogP contribution in [0, 0.1) is 0 Å². The molecule has 0 fully saturated rings. The Balaban J connectivity index is 3.46. The molecule has 0 aromatic carbocycles. The molecule has 0 saturated heterocycles. The molecular weight excluding hydrogens is 1050 g/mol. The Bertz CT molecular complexity index is 1690. The highest BCUT2D eigenvalue weighted by Crippen LogP contribution is 2.18. The molecule has 0 aliphatic rings. The van der Waals surface area contributed by atoms with Crippen LogP contribution in [0.1, 0.15) is 361 Å². The number of unbranched alkanes of at least 4 members (excludes halogenated alkanes) is 40. The zero-order valence-corrected chi connectivity index (χ0v) is 56.8. The molecule has 0 heterocycles. The third-order valence-corrected chi connectivity index (χ3v) is 16.2. The number of carbonyl (C=O) groups is 2. The summed E-state index contributed by atoms with van der Waals surface area (Å²) in [6.07, 6.45) is 111. The topological polar surface area (TPSA) is 72.8 Å². The zero-order chi connectivity index (χ0) is 61.9. The van der Waals surface area contributed by atoms with Crippen LogP contribution in [0.5, 0.6) is 0 Å². The molecule has 0 rings (SSSR count). The van der Waals surface area contributed by atoms with Crippen LogP contribution in [0.3, 0.4) is 0 Å². The lowest BCUT2D eigenvalue weighted by atomic mass is 10.0. The van der Waals surface area contributed by atoms with Crippen LogP contribution in [0.15, 0.2) is 122 Å². The van der Waals surface area contributed by atoms with Gasteiger partial charge in [0.2, 0.25) is 0 Å². The second-order valence-electron chi connectivity index (χ2n) is 24.6. The van der Waals surface area contributed by atoms with E-state index < -0.39 is 6.10 Å². The summed E-state index contributed by atoms with van der Waals surface area (Å²) in [5.41, 5.74) is 0. The number of esters is 2. The summed E-state index contributed by atoms with van der Waals surface area (Å²) >= 11 is 0. The Morgan fingerprint density at radius 3 is 0.756 bits per heavy atom. The van der Waals surface area contributed by atoms with Crippen molar-refractivity contribution >= 4 is 11.9 Å². The van der Waals surface area contributed by atoms with Gasteiger partial charge >= 0.3 is 11.9 Å². The third-order valence-electron chi connectivity index (χ3n) is 16.2. The van der Waals surface area contributed by atoms with Crippen molar-refractivity contribution in [3.63, 3.8) is 0 Å². The van der Waals surface area contributed by atoms with E-state index in [1.807, 2.05) is 0 Å². The van der Waals surface area contributed by atoms with Gasteiger partial charge in [-0.3, -0.25) is 9.59 Å². The molecule has 5 nitrogen and oxygen atoms in total. The molecule has 0 aromatic rings. The zero-order valence-electron chi connectivity index (χ0n) is 56.8. The van der Waals surface area contributed by atoms with Crippen LogP contribution in [-0.2, 0) is 19.1 Å². The molecule has 0 amide bonds.